The van der Waals surface area contributed by atoms with Crippen molar-refractivity contribution >= 4 is 5.91 Å². The Hall–Kier alpha value is -1.40. The van der Waals surface area contributed by atoms with E-state index in [1.165, 1.54) is 6.42 Å². The fourth-order valence-corrected chi connectivity index (χ4v) is 3.12. The van der Waals surface area contributed by atoms with Gasteiger partial charge in [-0.05, 0) is 12.8 Å². The Kier molecular flexibility index (Phi) is 3.76. The van der Waals surface area contributed by atoms with Crippen LogP contribution in [0.4, 0.5) is 0 Å². The molecule has 1 aliphatic heterocycles. The Balaban J connectivity index is 1.52. The number of fused-ring (bicyclic) bond motifs is 1. The molecule has 0 saturated heterocycles. The van der Waals surface area contributed by atoms with Gasteiger partial charge in [0.25, 0.3) is 0 Å². The van der Waals surface area contributed by atoms with Crippen molar-refractivity contribution < 1.29 is 9.90 Å². The first-order valence-corrected chi connectivity index (χ1v) is 7.41. The number of hydrogen-bond donors (Lipinski definition) is 4. The highest BCUT2D eigenvalue weighted by molar-refractivity contribution is 5.82. The van der Waals surface area contributed by atoms with E-state index < -0.39 is 5.60 Å². The van der Waals surface area contributed by atoms with Crippen LogP contribution in [0.15, 0.2) is 6.33 Å². The summed E-state index contributed by atoms with van der Waals surface area (Å²) in [5, 5.41) is 16.5. The average molecular weight is 278 g/mol. The highest BCUT2D eigenvalue weighted by Gasteiger charge is 2.31. The fourth-order valence-electron chi connectivity index (χ4n) is 3.12. The second-order valence-corrected chi connectivity index (χ2v) is 5.97. The zero-order valence-electron chi connectivity index (χ0n) is 11.6. The molecule has 1 atom stereocenters. The summed E-state index contributed by atoms with van der Waals surface area (Å²) in [7, 11) is 0. The van der Waals surface area contributed by atoms with Gasteiger partial charge in [0.15, 0.2) is 0 Å². The Bertz CT molecular complexity index is 479. The number of hydrogen-bond acceptors (Lipinski definition) is 4. The van der Waals surface area contributed by atoms with Crippen LogP contribution in [0.1, 0.15) is 43.5 Å². The van der Waals surface area contributed by atoms with Crippen LogP contribution in [-0.4, -0.2) is 39.2 Å². The minimum Gasteiger partial charge on any atom is -0.388 e. The van der Waals surface area contributed by atoms with Gasteiger partial charge < -0.3 is 15.4 Å². The summed E-state index contributed by atoms with van der Waals surface area (Å²) in [6.07, 6.45) is 7.11. The molecule has 0 bridgehead atoms. The van der Waals surface area contributed by atoms with Gasteiger partial charge in [-0.15, -0.1) is 0 Å². The Labute approximate surface area is 118 Å². The monoisotopic (exact) mass is 278 g/mol. The lowest BCUT2D eigenvalue weighted by molar-refractivity contribution is -0.125. The summed E-state index contributed by atoms with van der Waals surface area (Å²) in [5.41, 5.74) is 1.31. The van der Waals surface area contributed by atoms with Gasteiger partial charge in [0.1, 0.15) is 0 Å². The third-order valence-corrected chi connectivity index (χ3v) is 4.42. The van der Waals surface area contributed by atoms with E-state index >= 15 is 0 Å². The summed E-state index contributed by atoms with van der Waals surface area (Å²) in [6, 6.07) is -0.252. The number of amides is 1. The number of nitrogens with zero attached hydrogens (tertiary/aromatic N) is 1. The molecule has 6 heteroatoms. The third-order valence-electron chi connectivity index (χ3n) is 4.42. The van der Waals surface area contributed by atoms with Crippen molar-refractivity contribution in [3.8, 4) is 0 Å². The maximum atomic E-state index is 12.2. The van der Waals surface area contributed by atoms with Gasteiger partial charge in [0, 0.05) is 19.5 Å². The first-order chi connectivity index (χ1) is 9.66. The molecule has 0 spiro atoms. The first-order valence-electron chi connectivity index (χ1n) is 7.41. The largest absolute Gasteiger partial charge is 0.388 e. The van der Waals surface area contributed by atoms with E-state index in [-0.39, 0.29) is 11.9 Å². The van der Waals surface area contributed by atoms with Crippen LogP contribution in [0.2, 0.25) is 0 Å². The summed E-state index contributed by atoms with van der Waals surface area (Å²) in [4.78, 5) is 19.5. The molecule has 1 fully saturated rings. The summed E-state index contributed by atoms with van der Waals surface area (Å²) in [6.45, 7) is 0.995. The van der Waals surface area contributed by atoms with Gasteiger partial charge in [-0.25, -0.2) is 4.98 Å². The number of rotatable bonds is 3. The molecule has 1 amide bonds. The molecule has 0 aromatic carbocycles. The Morgan fingerprint density at radius 2 is 2.25 bits per heavy atom. The van der Waals surface area contributed by atoms with Crippen molar-refractivity contribution in [3.63, 3.8) is 0 Å². The van der Waals surface area contributed by atoms with Gasteiger partial charge in [-0.3, -0.25) is 10.1 Å². The Morgan fingerprint density at radius 3 is 3.05 bits per heavy atom. The van der Waals surface area contributed by atoms with Crippen LogP contribution in [-0.2, 0) is 17.8 Å². The lowest BCUT2D eigenvalue weighted by Crippen LogP contribution is -2.52. The van der Waals surface area contributed by atoms with Gasteiger partial charge in [-0.1, -0.05) is 19.3 Å². The molecule has 2 heterocycles. The van der Waals surface area contributed by atoms with Gasteiger partial charge in [0.2, 0.25) is 5.91 Å². The number of carbonyl (C=O) groups is 1. The number of aromatic nitrogens is 2. The van der Waals surface area contributed by atoms with E-state index in [0.29, 0.717) is 19.5 Å². The molecule has 110 valence electrons. The quantitative estimate of drug-likeness (QED) is 0.637. The molecule has 6 nitrogen and oxygen atoms in total. The zero-order chi connectivity index (χ0) is 14.0. The van der Waals surface area contributed by atoms with Crippen LogP contribution in [0.3, 0.4) is 0 Å². The topological polar surface area (TPSA) is 90.0 Å². The predicted octanol–water partition coefficient (Wildman–Crippen LogP) is 0.235. The average Bonchev–Trinajstić information content (AvgIpc) is 2.93. The van der Waals surface area contributed by atoms with Gasteiger partial charge in [0.05, 0.1) is 29.4 Å². The van der Waals surface area contributed by atoms with Crippen molar-refractivity contribution in [1.82, 2.24) is 20.6 Å². The van der Waals surface area contributed by atoms with Crippen LogP contribution < -0.4 is 10.6 Å². The SMILES string of the molecule is O=C(NCC1(O)CCCCC1)C1Cc2nc[nH]c2CN1. The number of carbonyl (C=O) groups excluding carboxylic acids is 1. The van der Waals surface area contributed by atoms with Gasteiger partial charge in [-0.2, -0.15) is 0 Å². The molecule has 1 saturated carbocycles. The number of aliphatic hydroxyl groups is 1. The number of aromatic amines is 1. The molecule has 0 radical (unpaired) electrons. The maximum Gasteiger partial charge on any atom is 0.237 e. The molecule has 1 aliphatic carbocycles. The maximum absolute atomic E-state index is 12.2. The number of H-pyrrole nitrogens is 1. The van der Waals surface area contributed by atoms with E-state index in [2.05, 4.69) is 20.6 Å². The van der Waals surface area contributed by atoms with Crippen LogP contribution in [0, 0.1) is 0 Å². The standard InChI is InChI=1S/C14H22N4O2/c19-13(16-8-14(20)4-2-1-3-5-14)11-6-10-12(7-15-11)18-9-17-10/h9,11,15,20H,1-8H2,(H,16,19)(H,17,18). The minimum absolute atomic E-state index is 0.0438. The summed E-state index contributed by atoms with van der Waals surface area (Å²) in [5.74, 6) is -0.0438. The van der Waals surface area contributed by atoms with E-state index in [1.807, 2.05) is 0 Å². The van der Waals surface area contributed by atoms with Crippen molar-refractivity contribution in [2.45, 2.75) is 56.7 Å². The van der Waals surface area contributed by atoms with Crippen LogP contribution >= 0.6 is 0 Å². The Morgan fingerprint density at radius 1 is 1.45 bits per heavy atom. The van der Waals surface area contributed by atoms with E-state index in [9.17, 15) is 9.90 Å². The molecule has 2 aliphatic rings. The van der Waals surface area contributed by atoms with E-state index in [4.69, 9.17) is 0 Å². The molecule has 1 aromatic rings. The molecule has 1 unspecified atom stereocenters. The predicted molar refractivity (Wildman–Crippen MR) is 74.0 cm³/mol. The van der Waals surface area contributed by atoms with Crippen LogP contribution in [0.25, 0.3) is 0 Å². The minimum atomic E-state index is -0.708. The van der Waals surface area contributed by atoms with Crippen molar-refractivity contribution in [2.24, 2.45) is 0 Å². The second kappa shape index (κ2) is 5.54. The second-order valence-electron chi connectivity index (χ2n) is 5.97. The molecule has 4 N–H and O–H groups in total. The summed E-state index contributed by atoms with van der Waals surface area (Å²) < 4.78 is 0. The van der Waals surface area contributed by atoms with Crippen molar-refractivity contribution in [1.29, 1.82) is 0 Å². The number of nitrogens with one attached hydrogen (secondary N) is 3. The van der Waals surface area contributed by atoms with Crippen molar-refractivity contribution in [3.05, 3.63) is 17.7 Å². The summed E-state index contributed by atoms with van der Waals surface area (Å²) >= 11 is 0. The fraction of sp³-hybridized carbons (Fsp3) is 0.714. The molecular formula is C14H22N4O2. The first kappa shape index (κ1) is 13.6. The molecular weight excluding hydrogens is 256 g/mol. The number of imidazole rings is 1. The van der Waals surface area contributed by atoms with Crippen molar-refractivity contribution in [2.75, 3.05) is 6.54 Å². The normalized spacial score (nSPS) is 24.9. The molecule has 1 aromatic heterocycles. The van der Waals surface area contributed by atoms with Gasteiger partial charge >= 0.3 is 0 Å². The highest BCUT2D eigenvalue weighted by atomic mass is 16.3. The van der Waals surface area contributed by atoms with E-state index in [1.54, 1.807) is 6.33 Å². The lowest BCUT2D eigenvalue weighted by Gasteiger charge is -2.33. The third kappa shape index (κ3) is 2.86. The van der Waals surface area contributed by atoms with Crippen LogP contribution in [0.5, 0.6) is 0 Å². The lowest BCUT2D eigenvalue weighted by atomic mass is 9.85. The molecule has 20 heavy (non-hydrogen) atoms. The zero-order valence-corrected chi connectivity index (χ0v) is 11.6. The smallest absolute Gasteiger partial charge is 0.237 e. The molecule has 3 rings (SSSR count). The highest BCUT2D eigenvalue weighted by Crippen LogP contribution is 2.27. The van der Waals surface area contributed by atoms with E-state index in [0.717, 1.165) is 37.1 Å².